The number of aromatic hydroxyl groups is 1. The van der Waals surface area contributed by atoms with E-state index < -0.39 is 5.91 Å². The average Bonchev–Trinajstić information content (AvgIpc) is 3.02. The van der Waals surface area contributed by atoms with Gasteiger partial charge in [0.1, 0.15) is 17.1 Å². The van der Waals surface area contributed by atoms with Gasteiger partial charge in [-0.2, -0.15) is 5.10 Å². The van der Waals surface area contributed by atoms with E-state index in [4.69, 9.17) is 11.5 Å². The summed E-state index contributed by atoms with van der Waals surface area (Å²) in [5, 5.41) is 23.0. The number of nitrogen functional groups attached to an aromatic ring is 1. The Morgan fingerprint density at radius 1 is 1.19 bits per heavy atom. The molecule has 0 unspecified atom stereocenters. The number of nitrogens with zero attached hydrogens (tertiary/aromatic N) is 1. The Bertz CT molecular complexity index is 955. The molecule has 0 saturated carbocycles. The number of nitrogens with one attached hydrogen (secondary N) is 3. The minimum absolute atomic E-state index is 0.235. The van der Waals surface area contributed by atoms with E-state index in [1.165, 1.54) is 0 Å². The number of rotatable bonds is 6. The number of hydrogen-bond donors (Lipinski definition) is 6. The van der Waals surface area contributed by atoms with Crippen LogP contribution in [0.4, 0.5) is 23.0 Å². The highest BCUT2D eigenvalue weighted by molar-refractivity contribution is 6.03. The van der Waals surface area contributed by atoms with Crippen molar-refractivity contribution >= 4 is 28.9 Å². The van der Waals surface area contributed by atoms with E-state index in [0.29, 0.717) is 23.9 Å². The minimum Gasteiger partial charge on any atom is -0.507 e. The minimum atomic E-state index is -0.609. The summed E-state index contributed by atoms with van der Waals surface area (Å²) < 4.78 is 0. The number of anilines is 4. The molecule has 8 heteroatoms. The van der Waals surface area contributed by atoms with Crippen LogP contribution in [0.5, 0.6) is 5.75 Å². The number of aromatic nitrogens is 2. The van der Waals surface area contributed by atoms with E-state index in [2.05, 4.69) is 20.8 Å². The lowest BCUT2D eigenvalue weighted by molar-refractivity contribution is 0.100. The molecule has 0 spiro atoms. The molecule has 8 N–H and O–H groups in total. The van der Waals surface area contributed by atoms with Crippen LogP contribution in [0.25, 0.3) is 0 Å². The first-order chi connectivity index (χ1) is 12.8. The molecular formula is C19H22N6O2. The number of phenolic OH excluding ortho intramolecular Hbond substituents is 1. The maximum atomic E-state index is 11.9. The second-order valence-corrected chi connectivity index (χ2v) is 6.37. The average molecular weight is 366 g/mol. The molecule has 3 rings (SSSR count). The Morgan fingerprint density at radius 2 is 1.81 bits per heavy atom. The van der Waals surface area contributed by atoms with Crippen molar-refractivity contribution in [3.8, 4) is 5.75 Å². The molecule has 8 nitrogen and oxygen atoms in total. The predicted octanol–water partition coefficient (Wildman–Crippen LogP) is 2.77. The molecule has 3 aromatic rings. The van der Waals surface area contributed by atoms with Gasteiger partial charge in [0.2, 0.25) is 0 Å². The summed E-state index contributed by atoms with van der Waals surface area (Å²) in [5.74, 6) is 0.422. The maximum Gasteiger partial charge on any atom is 0.256 e. The highest BCUT2D eigenvalue weighted by Gasteiger charge is 2.18. The Hall–Kier alpha value is -3.68. The highest BCUT2D eigenvalue weighted by atomic mass is 16.3. The molecule has 0 radical (unpaired) electrons. The van der Waals surface area contributed by atoms with E-state index in [1.54, 1.807) is 24.3 Å². The number of aromatic amines is 1. The quantitative estimate of drug-likeness (QED) is 0.370. The number of carbonyl (C=O) groups excluding carboxylic acids is 1. The van der Waals surface area contributed by atoms with Gasteiger partial charge in [-0.05, 0) is 54.8 Å². The van der Waals surface area contributed by atoms with Crippen molar-refractivity contribution in [2.45, 2.75) is 20.4 Å². The molecule has 0 bridgehead atoms. The summed E-state index contributed by atoms with van der Waals surface area (Å²) in [6.45, 7) is 4.10. The van der Waals surface area contributed by atoms with Gasteiger partial charge in [0.15, 0.2) is 5.82 Å². The summed E-state index contributed by atoms with van der Waals surface area (Å²) in [6, 6.07) is 10.8. The second kappa shape index (κ2) is 7.28. The summed E-state index contributed by atoms with van der Waals surface area (Å²) in [7, 11) is 0. The highest BCUT2D eigenvalue weighted by Crippen LogP contribution is 2.26. The van der Waals surface area contributed by atoms with Gasteiger partial charge in [-0.25, -0.2) is 0 Å². The van der Waals surface area contributed by atoms with Crippen molar-refractivity contribution in [3.05, 3.63) is 58.7 Å². The van der Waals surface area contributed by atoms with Crippen LogP contribution in [0.1, 0.15) is 27.0 Å². The smallest absolute Gasteiger partial charge is 0.256 e. The summed E-state index contributed by atoms with van der Waals surface area (Å²) >= 11 is 0. The first kappa shape index (κ1) is 18.1. The number of benzene rings is 2. The largest absolute Gasteiger partial charge is 0.507 e. The van der Waals surface area contributed by atoms with Crippen LogP contribution in [0.2, 0.25) is 0 Å². The summed E-state index contributed by atoms with van der Waals surface area (Å²) in [5.41, 5.74) is 15.4. The van der Waals surface area contributed by atoms with Gasteiger partial charge >= 0.3 is 0 Å². The lowest BCUT2D eigenvalue weighted by Crippen LogP contribution is -2.15. The molecule has 1 amide bonds. The fourth-order valence-corrected chi connectivity index (χ4v) is 2.84. The van der Waals surface area contributed by atoms with Crippen molar-refractivity contribution in [1.82, 2.24) is 10.2 Å². The Labute approximate surface area is 156 Å². The van der Waals surface area contributed by atoms with Crippen LogP contribution in [-0.4, -0.2) is 21.2 Å². The van der Waals surface area contributed by atoms with Crippen LogP contribution in [-0.2, 0) is 6.54 Å². The van der Waals surface area contributed by atoms with Crippen molar-refractivity contribution in [2.24, 2.45) is 5.73 Å². The fourth-order valence-electron chi connectivity index (χ4n) is 2.84. The zero-order valence-electron chi connectivity index (χ0n) is 15.1. The number of primary amides is 1. The van der Waals surface area contributed by atoms with Crippen LogP contribution in [0.15, 0.2) is 36.4 Å². The van der Waals surface area contributed by atoms with E-state index in [-0.39, 0.29) is 11.3 Å². The van der Waals surface area contributed by atoms with Gasteiger partial charge in [0.25, 0.3) is 5.91 Å². The number of hydrogen-bond acceptors (Lipinski definition) is 6. The van der Waals surface area contributed by atoms with E-state index in [9.17, 15) is 9.90 Å². The molecule has 1 aromatic heterocycles. The maximum absolute atomic E-state index is 11.9. The number of phenols is 1. The van der Waals surface area contributed by atoms with Crippen LogP contribution < -0.4 is 22.1 Å². The summed E-state index contributed by atoms with van der Waals surface area (Å²) in [6.07, 6.45) is 0. The third kappa shape index (κ3) is 3.95. The number of H-pyrrole nitrogens is 1. The van der Waals surface area contributed by atoms with Crippen molar-refractivity contribution in [1.29, 1.82) is 0 Å². The van der Waals surface area contributed by atoms with Crippen molar-refractivity contribution in [3.63, 3.8) is 0 Å². The Morgan fingerprint density at radius 3 is 2.41 bits per heavy atom. The first-order valence-electron chi connectivity index (χ1n) is 8.39. The lowest BCUT2D eigenvalue weighted by Gasteiger charge is -2.10. The molecule has 0 aliphatic heterocycles. The van der Waals surface area contributed by atoms with Gasteiger partial charge in [0.05, 0.1) is 0 Å². The number of carbonyl (C=O) groups is 1. The van der Waals surface area contributed by atoms with E-state index >= 15 is 0 Å². The zero-order chi connectivity index (χ0) is 19.6. The second-order valence-electron chi connectivity index (χ2n) is 6.37. The van der Waals surface area contributed by atoms with Crippen LogP contribution in [0, 0.1) is 13.8 Å². The molecular weight excluding hydrogens is 344 g/mol. The lowest BCUT2D eigenvalue weighted by atomic mass is 10.1. The summed E-state index contributed by atoms with van der Waals surface area (Å²) in [4.78, 5) is 11.9. The Kier molecular flexibility index (Phi) is 4.89. The molecule has 140 valence electrons. The van der Waals surface area contributed by atoms with Gasteiger partial charge in [-0.15, -0.1) is 0 Å². The predicted molar refractivity (Wildman–Crippen MR) is 106 cm³/mol. The molecule has 0 saturated heterocycles. The van der Waals surface area contributed by atoms with Gasteiger partial charge in [-0.1, -0.05) is 12.1 Å². The topological polar surface area (TPSA) is 142 Å². The molecule has 27 heavy (non-hydrogen) atoms. The fraction of sp³-hybridized carbons (Fsp3) is 0.158. The molecule has 0 aliphatic carbocycles. The van der Waals surface area contributed by atoms with Crippen LogP contribution >= 0.6 is 0 Å². The van der Waals surface area contributed by atoms with Crippen LogP contribution in [0.3, 0.4) is 0 Å². The molecule has 0 aliphatic rings. The third-order valence-corrected chi connectivity index (χ3v) is 4.20. The standard InChI is InChI=1S/C19H22N6O2/c1-10-7-12(8-11(2)16(10)26)9-22-18-15(17(21)27)19(25-24-18)23-14-5-3-13(20)4-6-14/h3-8,26H,9,20H2,1-2H3,(H2,21,27)(H3,22,23,24,25). The molecule has 2 aromatic carbocycles. The van der Waals surface area contributed by atoms with E-state index in [1.807, 2.05) is 26.0 Å². The Balaban J connectivity index is 1.81. The third-order valence-electron chi connectivity index (χ3n) is 4.20. The SMILES string of the molecule is Cc1cc(CNc2n[nH]c(Nc3ccc(N)cc3)c2C(N)=O)cc(C)c1O. The molecule has 1 heterocycles. The number of nitrogens with two attached hydrogens (primary N) is 2. The van der Waals surface area contributed by atoms with Crippen molar-refractivity contribution in [2.75, 3.05) is 16.4 Å². The van der Waals surface area contributed by atoms with Gasteiger partial charge in [-0.3, -0.25) is 9.89 Å². The van der Waals surface area contributed by atoms with Crippen molar-refractivity contribution < 1.29 is 9.90 Å². The number of amides is 1. The van der Waals surface area contributed by atoms with Gasteiger partial charge < -0.3 is 27.2 Å². The molecule has 0 atom stereocenters. The normalized spacial score (nSPS) is 10.6. The number of aryl methyl sites for hydroxylation is 2. The monoisotopic (exact) mass is 366 g/mol. The zero-order valence-corrected chi connectivity index (χ0v) is 15.1. The first-order valence-corrected chi connectivity index (χ1v) is 8.39. The molecule has 0 fully saturated rings. The van der Waals surface area contributed by atoms with E-state index in [0.717, 1.165) is 22.4 Å². The van der Waals surface area contributed by atoms with Gasteiger partial charge in [0, 0.05) is 17.9 Å².